The topological polar surface area (TPSA) is 72.9 Å². The summed E-state index contributed by atoms with van der Waals surface area (Å²) in [5, 5.41) is 0. The number of carbonyl (C=O) groups is 3. The van der Waals surface area contributed by atoms with Crippen molar-refractivity contribution in [2.45, 2.75) is 18.0 Å². The Morgan fingerprint density at radius 3 is 2.11 bits per heavy atom. The Balaban J connectivity index is 1.67. The van der Waals surface area contributed by atoms with Crippen molar-refractivity contribution >= 4 is 29.3 Å². The van der Waals surface area contributed by atoms with Crippen LogP contribution in [0.1, 0.15) is 37.8 Å². The molecule has 6 rings (SSSR count). The number of carbonyl (C=O) groups excluding carboxylic acids is 3. The Kier molecular flexibility index (Phi) is 4.68. The summed E-state index contributed by atoms with van der Waals surface area (Å²) in [6.45, 7) is 0. The summed E-state index contributed by atoms with van der Waals surface area (Å²) in [6, 6.07) is 20.3. The fraction of sp³-hybridized carbons (Fsp3) is 0.207. The molecular formula is C29H23NO5. The van der Waals surface area contributed by atoms with Gasteiger partial charge in [-0.3, -0.25) is 9.59 Å². The fourth-order valence-electron chi connectivity index (χ4n) is 6.19. The highest BCUT2D eigenvalue weighted by molar-refractivity contribution is 6.32. The molecule has 6 heteroatoms. The average molecular weight is 466 g/mol. The zero-order valence-electron chi connectivity index (χ0n) is 19.3. The number of esters is 1. The van der Waals surface area contributed by atoms with Gasteiger partial charge in [0.25, 0.3) is 0 Å². The third-order valence-corrected chi connectivity index (χ3v) is 7.63. The molecule has 1 aliphatic carbocycles. The Morgan fingerprint density at radius 1 is 0.857 bits per heavy atom. The molecule has 174 valence electrons. The van der Waals surface area contributed by atoms with Gasteiger partial charge in [0, 0.05) is 22.7 Å². The second-order valence-corrected chi connectivity index (χ2v) is 9.06. The predicted octanol–water partition coefficient (Wildman–Crippen LogP) is 4.30. The van der Waals surface area contributed by atoms with Crippen LogP contribution >= 0.6 is 0 Å². The van der Waals surface area contributed by atoms with Gasteiger partial charge in [-0.15, -0.1) is 0 Å². The number of Topliss-reactive ketones (excluding diaryl/α,β-unsaturated/α-hetero) is 2. The molecule has 1 fully saturated rings. The van der Waals surface area contributed by atoms with E-state index in [1.165, 1.54) is 7.11 Å². The molecule has 3 aromatic rings. The molecule has 6 nitrogen and oxygen atoms in total. The minimum atomic E-state index is -1.51. The minimum Gasteiger partial charge on any atom is -0.497 e. The van der Waals surface area contributed by atoms with Gasteiger partial charge < -0.3 is 14.4 Å². The van der Waals surface area contributed by atoms with E-state index in [1.54, 1.807) is 43.5 Å². The van der Waals surface area contributed by atoms with Gasteiger partial charge in [-0.2, -0.15) is 0 Å². The van der Waals surface area contributed by atoms with Crippen LogP contribution in [0.15, 0.2) is 78.9 Å². The molecule has 2 heterocycles. The first-order chi connectivity index (χ1) is 17.0. The monoisotopic (exact) mass is 465 g/mol. The molecule has 3 aliphatic rings. The normalized spacial score (nSPS) is 23.1. The SMILES string of the molecule is COC(=O)[C@H]1[C@@H](c2ccc(OC)cc2)C2(C(=O)c3ccccc3C2=O)[C@@H]2C=Cc3ccccc3N21. The lowest BCUT2D eigenvalue weighted by Gasteiger charge is -2.36. The third-order valence-electron chi connectivity index (χ3n) is 7.63. The van der Waals surface area contributed by atoms with Crippen LogP contribution in [0.25, 0.3) is 6.08 Å². The lowest BCUT2D eigenvalue weighted by Crippen LogP contribution is -2.48. The van der Waals surface area contributed by atoms with E-state index < -0.39 is 29.4 Å². The van der Waals surface area contributed by atoms with Crippen LogP contribution in [-0.2, 0) is 9.53 Å². The van der Waals surface area contributed by atoms with Crippen molar-refractivity contribution in [2.75, 3.05) is 19.1 Å². The highest BCUT2D eigenvalue weighted by Gasteiger charge is 2.71. The highest BCUT2D eigenvalue weighted by atomic mass is 16.5. The summed E-state index contributed by atoms with van der Waals surface area (Å²) < 4.78 is 10.6. The first-order valence-electron chi connectivity index (χ1n) is 11.5. The Hall–Kier alpha value is -4.19. The van der Waals surface area contributed by atoms with Crippen molar-refractivity contribution in [2.24, 2.45) is 5.41 Å². The molecule has 0 radical (unpaired) electrons. The van der Waals surface area contributed by atoms with E-state index in [-0.39, 0.29) is 11.6 Å². The smallest absolute Gasteiger partial charge is 0.329 e. The van der Waals surface area contributed by atoms with Gasteiger partial charge in [-0.1, -0.05) is 66.7 Å². The molecule has 0 N–H and O–H groups in total. The highest BCUT2D eigenvalue weighted by Crippen LogP contribution is 2.60. The van der Waals surface area contributed by atoms with Crippen molar-refractivity contribution in [3.8, 4) is 5.75 Å². The van der Waals surface area contributed by atoms with E-state index in [4.69, 9.17) is 9.47 Å². The molecule has 3 atom stereocenters. The van der Waals surface area contributed by atoms with Gasteiger partial charge in [-0.25, -0.2) is 4.79 Å². The van der Waals surface area contributed by atoms with Crippen molar-refractivity contribution in [3.05, 3.63) is 101 Å². The Morgan fingerprint density at radius 2 is 1.49 bits per heavy atom. The average Bonchev–Trinajstić information content (AvgIpc) is 3.35. The standard InChI is InChI=1S/C29H23NO5/c1-34-19-14-11-18(12-15-19)24-25(28(33)35-2)30-22-10-6-3-7-17(22)13-16-23(30)29(24)26(31)20-8-4-5-9-21(20)27(29)32/h3-16,23-25H,1-2H3/t23-,24+,25+/m0/s1. The predicted molar refractivity (Wildman–Crippen MR) is 131 cm³/mol. The Labute approximate surface area is 202 Å². The van der Waals surface area contributed by atoms with Crippen LogP contribution in [0.5, 0.6) is 5.75 Å². The lowest BCUT2D eigenvalue weighted by atomic mass is 9.65. The number of methoxy groups -OCH3 is 2. The van der Waals surface area contributed by atoms with Gasteiger partial charge in [0.05, 0.1) is 20.3 Å². The van der Waals surface area contributed by atoms with Crippen LogP contribution in [0, 0.1) is 5.41 Å². The van der Waals surface area contributed by atoms with Crippen molar-refractivity contribution < 1.29 is 23.9 Å². The number of ketones is 2. The lowest BCUT2D eigenvalue weighted by molar-refractivity contribution is -0.142. The van der Waals surface area contributed by atoms with E-state index in [2.05, 4.69) is 0 Å². The summed E-state index contributed by atoms with van der Waals surface area (Å²) in [5.41, 5.74) is 1.70. The van der Waals surface area contributed by atoms with Gasteiger partial charge in [-0.05, 0) is 29.3 Å². The molecule has 0 saturated carbocycles. The van der Waals surface area contributed by atoms with Gasteiger partial charge in [0.1, 0.15) is 17.2 Å². The quantitative estimate of drug-likeness (QED) is 0.424. The van der Waals surface area contributed by atoms with Crippen molar-refractivity contribution in [1.82, 2.24) is 0 Å². The number of hydrogen-bond donors (Lipinski definition) is 0. The van der Waals surface area contributed by atoms with E-state index in [9.17, 15) is 14.4 Å². The molecule has 3 aromatic carbocycles. The Bertz CT molecular complexity index is 1370. The fourth-order valence-corrected chi connectivity index (χ4v) is 6.19. The van der Waals surface area contributed by atoms with Crippen LogP contribution in [0.3, 0.4) is 0 Å². The molecule has 2 aliphatic heterocycles. The van der Waals surface area contributed by atoms with Crippen molar-refractivity contribution in [1.29, 1.82) is 0 Å². The van der Waals surface area contributed by atoms with Gasteiger partial charge in [0.2, 0.25) is 0 Å². The van der Waals surface area contributed by atoms with E-state index in [1.807, 2.05) is 53.5 Å². The second-order valence-electron chi connectivity index (χ2n) is 9.06. The number of para-hydroxylation sites is 1. The molecule has 0 unspecified atom stereocenters. The summed E-state index contributed by atoms with van der Waals surface area (Å²) in [7, 11) is 2.91. The zero-order valence-corrected chi connectivity index (χ0v) is 19.3. The molecule has 1 saturated heterocycles. The molecule has 1 spiro atoms. The molecular weight excluding hydrogens is 442 g/mol. The molecule has 0 bridgehead atoms. The third kappa shape index (κ3) is 2.68. The maximum Gasteiger partial charge on any atom is 0.329 e. The van der Waals surface area contributed by atoms with Crippen LogP contribution in [0.2, 0.25) is 0 Å². The number of anilines is 1. The second kappa shape index (κ2) is 7.67. The molecule has 0 aromatic heterocycles. The minimum absolute atomic E-state index is 0.260. The van der Waals surface area contributed by atoms with E-state index in [0.717, 1.165) is 11.3 Å². The maximum absolute atomic E-state index is 14.3. The van der Waals surface area contributed by atoms with Crippen molar-refractivity contribution in [3.63, 3.8) is 0 Å². The van der Waals surface area contributed by atoms with Gasteiger partial charge >= 0.3 is 5.97 Å². The number of ether oxygens (including phenoxy) is 2. The summed E-state index contributed by atoms with van der Waals surface area (Å²) >= 11 is 0. The first-order valence-corrected chi connectivity index (χ1v) is 11.5. The summed E-state index contributed by atoms with van der Waals surface area (Å²) in [4.78, 5) is 44.0. The number of nitrogens with zero attached hydrogens (tertiary/aromatic N) is 1. The van der Waals surface area contributed by atoms with Crippen LogP contribution in [-0.4, -0.2) is 43.8 Å². The number of hydrogen-bond acceptors (Lipinski definition) is 6. The summed E-state index contributed by atoms with van der Waals surface area (Å²) in [6.07, 6.45) is 3.83. The first kappa shape index (κ1) is 21.4. The van der Waals surface area contributed by atoms with Gasteiger partial charge in [0.15, 0.2) is 11.6 Å². The summed E-state index contributed by atoms with van der Waals surface area (Å²) in [5.74, 6) is -1.14. The van der Waals surface area contributed by atoms with E-state index in [0.29, 0.717) is 22.4 Å². The maximum atomic E-state index is 14.3. The number of fused-ring (bicyclic) bond motifs is 5. The largest absolute Gasteiger partial charge is 0.497 e. The van der Waals surface area contributed by atoms with E-state index >= 15 is 0 Å². The van der Waals surface area contributed by atoms with Crippen LogP contribution < -0.4 is 9.64 Å². The molecule has 0 amide bonds. The van der Waals surface area contributed by atoms with Crippen LogP contribution in [0.4, 0.5) is 5.69 Å². The number of benzene rings is 3. The molecule has 35 heavy (non-hydrogen) atoms. The number of rotatable bonds is 3. The zero-order chi connectivity index (χ0) is 24.3.